The number of benzene rings is 1. The minimum Gasteiger partial charge on any atom is -0.339 e. The van der Waals surface area contributed by atoms with Gasteiger partial charge in [0.05, 0.1) is 15.5 Å². The monoisotopic (exact) mass is 402 g/mol. The molecular formula is C17H23ClN2O3S2. The van der Waals surface area contributed by atoms with E-state index in [9.17, 15) is 13.2 Å². The molecule has 1 aromatic rings. The molecular weight excluding hydrogens is 380 g/mol. The number of thioether (sulfide) groups is 1. The van der Waals surface area contributed by atoms with Crippen molar-refractivity contribution in [2.75, 3.05) is 37.7 Å². The first-order valence-corrected chi connectivity index (χ1v) is 11.6. The first kappa shape index (κ1) is 19.0. The van der Waals surface area contributed by atoms with Gasteiger partial charge in [-0.3, -0.25) is 4.79 Å². The van der Waals surface area contributed by atoms with Crippen molar-refractivity contribution in [1.82, 2.24) is 9.21 Å². The van der Waals surface area contributed by atoms with E-state index in [1.54, 1.807) is 16.7 Å². The smallest absolute Gasteiger partial charge is 0.255 e. The molecule has 0 spiro atoms. The summed E-state index contributed by atoms with van der Waals surface area (Å²) in [4.78, 5) is 14.8. The van der Waals surface area contributed by atoms with Crippen LogP contribution in [0.25, 0.3) is 0 Å². The van der Waals surface area contributed by atoms with Crippen LogP contribution in [-0.2, 0) is 10.0 Å². The zero-order chi connectivity index (χ0) is 17.9. The summed E-state index contributed by atoms with van der Waals surface area (Å²) in [6.07, 6.45) is 4.21. The number of nitrogens with zero attached hydrogens (tertiary/aromatic N) is 2. The molecule has 0 aliphatic carbocycles. The van der Waals surface area contributed by atoms with Crippen LogP contribution in [0.3, 0.4) is 0 Å². The third kappa shape index (κ3) is 4.32. The Morgan fingerprint density at radius 1 is 1.00 bits per heavy atom. The van der Waals surface area contributed by atoms with Crippen LogP contribution in [0.15, 0.2) is 23.1 Å². The van der Waals surface area contributed by atoms with Gasteiger partial charge in [-0.2, -0.15) is 16.1 Å². The minimum atomic E-state index is -3.58. The molecule has 2 heterocycles. The average Bonchev–Trinajstić information content (AvgIpc) is 2.91. The number of amides is 1. The normalized spacial score (nSPS) is 20.3. The van der Waals surface area contributed by atoms with Gasteiger partial charge in [0, 0.05) is 37.7 Å². The van der Waals surface area contributed by atoms with Gasteiger partial charge in [-0.25, -0.2) is 8.42 Å². The maximum absolute atomic E-state index is 12.9. The van der Waals surface area contributed by atoms with Crippen molar-refractivity contribution in [2.24, 2.45) is 0 Å². The Labute approximate surface area is 158 Å². The molecule has 3 rings (SSSR count). The zero-order valence-electron chi connectivity index (χ0n) is 14.1. The molecule has 0 N–H and O–H groups in total. The van der Waals surface area contributed by atoms with E-state index in [0.29, 0.717) is 31.2 Å². The number of carbonyl (C=O) groups excluding carboxylic acids is 1. The molecule has 2 aliphatic rings. The third-order valence-electron chi connectivity index (χ3n) is 4.67. The van der Waals surface area contributed by atoms with Crippen molar-refractivity contribution < 1.29 is 13.2 Å². The maximum Gasteiger partial charge on any atom is 0.255 e. The topological polar surface area (TPSA) is 57.7 Å². The van der Waals surface area contributed by atoms with Gasteiger partial charge in [0.2, 0.25) is 10.0 Å². The lowest BCUT2D eigenvalue weighted by atomic mass is 10.2. The van der Waals surface area contributed by atoms with Gasteiger partial charge >= 0.3 is 0 Å². The van der Waals surface area contributed by atoms with Crippen LogP contribution < -0.4 is 0 Å². The molecule has 0 unspecified atom stereocenters. The molecule has 2 saturated heterocycles. The SMILES string of the molecule is O=C(c1cc(S(=O)(=O)N2CCSCC2)ccc1Cl)N1CCCCCC1. The average molecular weight is 403 g/mol. The van der Waals surface area contributed by atoms with E-state index >= 15 is 0 Å². The van der Waals surface area contributed by atoms with Crippen molar-refractivity contribution in [3.8, 4) is 0 Å². The van der Waals surface area contributed by atoms with Crippen LogP contribution in [-0.4, -0.2) is 61.2 Å². The highest BCUT2D eigenvalue weighted by Crippen LogP contribution is 2.26. The molecule has 1 amide bonds. The summed E-state index contributed by atoms with van der Waals surface area (Å²) in [6.45, 7) is 2.42. The highest BCUT2D eigenvalue weighted by Gasteiger charge is 2.28. The van der Waals surface area contributed by atoms with E-state index < -0.39 is 10.0 Å². The summed E-state index contributed by atoms with van der Waals surface area (Å²) in [5, 5.41) is 0.308. The molecule has 1 aromatic carbocycles. The lowest BCUT2D eigenvalue weighted by Gasteiger charge is -2.26. The van der Waals surface area contributed by atoms with E-state index in [0.717, 1.165) is 37.2 Å². The van der Waals surface area contributed by atoms with Crippen molar-refractivity contribution in [3.63, 3.8) is 0 Å². The van der Waals surface area contributed by atoms with E-state index in [2.05, 4.69) is 0 Å². The second-order valence-electron chi connectivity index (χ2n) is 6.36. The first-order chi connectivity index (χ1) is 12.0. The van der Waals surface area contributed by atoms with Gasteiger partial charge in [0.1, 0.15) is 0 Å². The molecule has 0 atom stereocenters. The van der Waals surface area contributed by atoms with Crippen LogP contribution in [0.5, 0.6) is 0 Å². The van der Waals surface area contributed by atoms with E-state index in [4.69, 9.17) is 11.6 Å². The predicted octanol–water partition coefficient (Wildman–Crippen LogP) is 3.09. The van der Waals surface area contributed by atoms with Gasteiger partial charge in [-0.15, -0.1) is 0 Å². The molecule has 138 valence electrons. The summed E-state index contributed by atoms with van der Waals surface area (Å²) in [6, 6.07) is 4.48. The highest BCUT2D eigenvalue weighted by atomic mass is 35.5. The van der Waals surface area contributed by atoms with Gasteiger partial charge in [0.25, 0.3) is 5.91 Å². The number of likely N-dealkylation sites (tertiary alicyclic amines) is 1. The predicted molar refractivity (Wildman–Crippen MR) is 102 cm³/mol. The molecule has 2 fully saturated rings. The lowest BCUT2D eigenvalue weighted by molar-refractivity contribution is 0.0761. The Hall–Kier alpha value is -0.760. The Morgan fingerprint density at radius 2 is 1.64 bits per heavy atom. The van der Waals surface area contributed by atoms with Crippen molar-refractivity contribution in [2.45, 2.75) is 30.6 Å². The minimum absolute atomic E-state index is 0.155. The fourth-order valence-corrected chi connectivity index (χ4v) is 6.01. The zero-order valence-corrected chi connectivity index (χ0v) is 16.5. The second-order valence-corrected chi connectivity index (χ2v) is 9.93. The second kappa shape index (κ2) is 8.29. The third-order valence-corrected chi connectivity index (χ3v) is 7.84. The van der Waals surface area contributed by atoms with Gasteiger partial charge in [-0.05, 0) is 31.0 Å². The molecule has 0 radical (unpaired) electrons. The van der Waals surface area contributed by atoms with Crippen LogP contribution in [0.4, 0.5) is 0 Å². The number of halogens is 1. The summed E-state index contributed by atoms with van der Waals surface area (Å²) in [7, 11) is -3.58. The van der Waals surface area contributed by atoms with E-state index in [1.807, 2.05) is 0 Å². The summed E-state index contributed by atoms with van der Waals surface area (Å²) < 4.78 is 27.2. The molecule has 25 heavy (non-hydrogen) atoms. The number of sulfonamides is 1. The van der Waals surface area contributed by atoms with Crippen molar-refractivity contribution in [3.05, 3.63) is 28.8 Å². The van der Waals surface area contributed by atoms with E-state index in [1.165, 1.54) is 22.5 Å². The molecule has 2 aliphatic heterocycles. The molecule has 5 nitrogen and oxygen atoms in total. The van der Waals surface area contributed by atoms with Crippen LogP contribution in [0.1, 0.15) is 36.0 Å². The quantitative estimate of drug-likeness (QED) is 0.779. The largest absolute Gasteiger partial charge is 0.339 e. The van der Waals surface area contributed by atoms with Gasteiger partial charge in [0.15, 0.2) is 0 Å². The Balaban J connectivity index is 1.88. The maximum atomic E-state index is 12.9. The van der Waals surface area contributed by atoms with Crippen molar-refractivity contribution in [1.29, 1.82) is 0 Å². The Kier molecular flexibility index (Phi) is 6.30. The Morgan fingerprint density at radius 3 is 2.28 bits per heavy atom. The standard InChI is InChI=1S/C17H23ClN2O3S2/c18-16-6-5-14(25(22,23)20-9-11-24-12-10-20)13-15(16)17(21)19-7-3-1-2-4-8-19/h5-6,13H,1-4,7-12H2. The number of hydrogen-bond acceptors (Lipinski definition) is 4. The fraction of sp³-hybridized carbons (Fsp3) is 0.588. The lowest BCUT2D eigenvalue weighted by Crippen LogP contribution is -2.38. The Bertz CT molecular complexity index is 725. The number of hydrogen-bond donors (Lipinski definition) is 0. The number of rotatable bonds is 3. The summed E-state index contributed by atoms with van der Waals surface area (Å²) in [5.74, 6) is 1.43. The van der Waals surface area contributed by atoms with Gasteiger partial charge in [-0.1, -0.05) is 24.4 Å². The molecule has 8 heteroatoms. The molecule has 0 bridgehead atoms. The highest BCUT2D eigenvalue weighted by molar-refractivity contribution is 7.99. The van der Waals surface area contributed by atoms with Crippen LogP contribution >= 0.6 is 23.4 Å². The summed E-state index contributed by atoms with van der Waals surface area (Å²) >= 11 is 7.98. The van der Waals surface area contributed by atoms with E-state index in [-0.39, 0.29) is 16.4 Å². The van der Waals surface area contributed by atoms with Crippen LogP contribution in [0.2, 0.25) is 5.02 Å². The molecule has 0 aromatic heterocycles. The van der Waals surface area contributed by atoms with Crippen LogP contribution in [0, 0.1) is 0 Å². The summed E-state index contributed by atoms with van der Waals surface area (Å²) in [5.41, 5.74) is 0.288. The van der Waals surface area contributed by atoms with Gasteiger partial charge < -0.3 is 4.90 Å². The molecule has 0 saturated carbocycles. The van der Waals surface area contributed by atoms with Crippen molar-refractivity contribution >= 4 is 39.3 Å². The first-order valence-electron chi connectivity index (χ1n) is 8.67. The fourth-order valence-electron chi connectivity index (χ4n) is 3.21. The number of carbonyl (C=O) groups is 1.